The number of hydrogen-bond acceptors (Lipinski definition) is 2. The van der Waals surface area contributed by atoms with Crippen LogP contribution in [0.5, 0.6) is 0 Å². The van der Waals surface area contributed by atoms with E-state index in [0.29, 0.717) is 0 Å². The standard InChI is InChI=1S/C24H29NO2/c1-23(2,3)27-22(26)25-18-10-16-24(25,19-21-13-8-5-9-14-21)17-15-20-11-6-4-7-12-20/h4-9,11-15,17H,10,16,18-19H2,1-3H3/b17-15+/t24-/m0/s1. The fourth-order valence-corrected chi connectivity index (χ4v) is 3.67. The fourth-order valence-electron chi connectivity index (χ4n) is 3.67. The molecule has 0 bridgehead atoms. The molecule has 0 N–H and O–H groups in total. The van der Waals surface area contributed by atoms with Crippen LogP contribution in [0.4, 0.5) is 4.79 Å². The Kier molecular flexibility index (Phi) is 5.69. The quantitative estimate of drug-likeness (QED) is 0.696. The summed E-state index contributed by atoms with van der Waals surface area (Å²) >= 11 is 0. The van der Waals surface area contributed by atoms with E-state index in [-0.39, 0.29) is 11.6 Å². The van der Waals surface area contributed by atoms with Gasteiger partial charge in [-0.1, -0.05) is 72.8 Å². The van der Waals surface area contributed by atoms with Gasteiger partial charge in [0.2, 0.25) is 0 Å². The van der Waals surface area contributed by atoms with Crippen LogP contribution in [0.3, 0.4) is 0 Å². The maximum Gasteiger partial charge on any atom is 0.411 e. The summed E-state index contributed by atoms with van der Waals surface area (Å²) in [5.41, 5.74) is 1.51. The van der Waals surface area contributed by atoms with Crippen molar-refractivity contribution in [2.45, 2.75) is 51.2 Å². The van der Waals surface area contributed by atoms with E-state index in [9.17, 15) is 4.79 Å². The topological polar surface area (TPSA) is 29.5 Å². The van der Waals surface area contributed by atoms with E-state index >= 15 is 0 Å². The van der Waals surface area contributed by atoms with E-state index in [0.717, 1.165) is 31.4 Å². The molecular weight excluding hydrogens is 334 g/mol. The summed E-state index contributed by atoms with van der Waals surface area (Å²) in [6, 6.07) is 20.6. The Morgan fingerprint density at radius 3 is 2.33 bits per heavy atom. The zero-order valence-electron chi connectivity index (χ0n) is 16.5. The molecule has 0 radical (unpaired) electrons. The van der Waals surface area contributed by atoms with E-state index in [4.69, 9.17) is 4.74 Å². The molecule has 3 nitrogen and oxygen atoms in total. The lowest BCUT2D eigenvalue weighted by atomic mass is 9.87. The highest BCUT2D eigenvalue weighted by Gasteiger charge is 2.43. The predicted molar refractivity (Wildman–Crippen MR) is 111 cm³/mol. The van der Waals surface area contributed by atoms with Crippen LogP contribution in [0.15, 0.2) is 66.7 Å². The number of likely N-dealkylation sites (tertiary alicyclic amines) is 1. The van der Waals surface area contributed by atoms with Crippen molar-refractivity contribution in [3.63, 3.8) is 0 Å². The number of carbonyl (C=O) groups excluding carboxylic acids is 1. The predicted octanol–water partition coefficient (Wildman–Crippen LogP) is 5.71. The number of hydrogen-bond donors (Lipinski definition) is 0. The number of amides is 1. The lowest BCUT2D eigenvalue weighted by molar-refractivity contribution is 0.0148. The Bertz CT molecular complexity index is 777. The van der Waals surface area contributed by atoms with Gasteiger partial charge in [-0.25, -0.2) is 4.79 Å². The average molecular weight is 364 g/mol. The molecule has 0 spiro atoms. The van der Waals surface area contributed by atoms with Gasteiger partial charge < -0.3 is 4.74 Å². The van der Waals surface area contributed by atoms with Crippen molar-refractivity contribution in [3.8, 4) is 0 Å². The van der Waals surface area contributed by atoms with Gasteiger partial charge in [-0.3, -0.25) is 4.90 Å². The number of benzene rings is 2. The van der Waals surface area contributed by atoms with Crippen LogP contribution in [0, 0.1) is 0 Å². The SMILES string of the molecule is CC(C)(C)OC(=O)N1CCC[C@]1(/C=C/c1ccccc1)Cc1ccccc1. The first-order valence-electron chi connectivity index (χ1n) is 9.67. The molecular formula is C24H29NO2. The molecule has 1 atom stereocenters. The van der Waals surface area contributed by atoms with Gasteiger partial charge in [0.15, 0.2) is 0 Å². The molecule has 142 valence electrons. The summed E-state index contributed by atoms with van der Waals surface area (Å²) in [5.74, 6) is 0. The first kappa shape index (κ1) is 19.2. The van der Waals surface area contributed by atoms with E-state index in [2.05, 4.69) is 48.6 Å². The van der Waals surface area contributed by atoms with Gasteiger partial charge in [0.25, 0.3) is 0 Å². The van der Waals surface area contributed by atoms with Gasteiger partial charge in [0.1, 0.15) is 5.60 Å². The van der Waals surface area contributed by atoms with Crippen molar-refractivity contribution in [1.29, 1.82) is 0 Å². The van der Waals surface area contributed by atoms with Crippen molar-refractivity contribution in [3.05, 3.63) is 77.9 Å². The molecule has 2 aromatic rings. The summed E-state index contributed by atoms with van der Waals surface area (Å²) in [6.45, 7) is 6.47. The Morgan fingerprint density at radius 2 is 1.70 bits per heavy atom. The largest absolute Gasteiger partial charge is 0.444 e. The lowest BCUT2D eigenvalue weighted by Gasteiger charge is -2.37. The van der Waals surface area contributed by atoms with Crippen molar-refractivity contribution >= 4 is 12.2 Å². The zero-order chi connectivity index (χ0) is 19.3. The lowest BCUT2D eigenvalue weighted by Crippen LogP contribution is -2.49. The molecule has 0 saturated carbocycles. The van der Waals surface area contributed by atoms with E-state index in [1.807, 2.05) is 49.9 Å². The molecule has 1 aliphatic rings. The number of rotatable bonds is 4. The van der Waals surface area contributed by atoms with E-state index in [1.54, 1.807) is 0 Å². The van der Waals surface area contributed by atoms with Crippen molar-refractivity contribution in [2.24, 2.45) is 0 Å². The second kappa shape index (κ2) is 7.99. The minimum Gasteiger partial charge on any atom is -0.444 e. The highest BCUT2D eigenvalue weighted by molar-refractivity contribution is 5.71. The molecule has 27 heavy (non-hydrogen) atoms. The van der Waals surface area contributed by atoms with Gasteiger partial charge >= 0.3 is 6.09 Å². The fraction of sp³-hybridized carbons (Fsp3) is 0.375. The van der Waals surface area contributed by atoms with E-state index < -0.39 is 5.60 Å². The Morgan fingerprint density at radius 1 is 1.07 bits per heavy atom. The van der Waals surface area contributed by atoms with Crippen LogP contribution in [0.2, 0.25) is 0 Å². The van der Waals surface area contributed by atoms with Crippen molar-refractivity contribution < 1.29 is 9.53 Å². The number of carbonyl (C=O) groups is 1. The Hall–Kier alpha value is -2.55. The van der Waals surface area contributed by atoms with Gasteiger partial charge in [0, 0.05) is 6.54 Å². The summed E-state index contributed by atoms with van der Waals surface area (Å²) < 4.78 is 5.72. The van der Waals surface area contributed by atoms with Crippen LogP contribution in [-0.2, 0) is 11.2 Å². The highest BCUT2D eigenvalue weighted by atomic mass is 16.6. The van der Waals surface area contributed by atoms with Crippen LogP contribution in [-0.4, -0.2) is 28.7 Å². The third kappa shape index (κ3) is 5.00. The third-order valence-electron chi connectivity index (χ3n) is 4.88. The molecule has 1 saturated heterocycles. The number of ether oxygens (including phenoxy) is 1. The molecule has 0 aliphatic carbocycles. The summed E-state index contributed by atoms with van der Waals surface area (Å²) in [4.78, 5) is 14.9. The minimum atomic E-state index is -0.499. The second-order valence-corrected chi connectivity index (χ2v) is 8.25. The average Bonchev–Trinajstić information content (AvgIpc) is 3.04. The minimum absolute atomic E-state index is 0.228. The summed E-state index contributed by atoms with van der Waals surface area (Å²) in [7, 11) is 0. The van der Waals surface area contributed by atoms with Gasteiger partial charge in [-0.05, 0) is 51.2 Å². The molecule has 2 aromatic carbocycles. The molecule has 3 heteroatoms. The Balaban J connectivity index is 1.93. The summed E-state index contributed by atoms with van der Waals surface area (Å²) in [6.07, 6.45) is 6.80. The molecule has 1 heterocycles. The number of nitrogens with zero attached hydrogens (tertiary/aromatic N) is 1. The van der Waals surface area contributed by atoms with Gasteiger partial charge in [-0.15, -0.1) is 0 Å². The van der Waals surface area contributed by atoms with Crippen LogP contribution in [0.1, 0.15) is 44.7 Å². The molecule has 1 amide bonds. The molecule has 0 unspecified atom stereocenters. The smallest absolute Gasteiger partial charge is 0.411 e. The molecule has 0 aromatic heterocycles. The first-order valence-corrected chi connectivity index (χ1v) is 9.67. The maximum atomic E-state index is 12.9. The normalized spacial score (nSPS) is 20.2. The molecule has 1 aliphatic heterocycles. The highest BCUT2D eigenvalue weighted by Crippen LogP contribution is 2.36. The van der Waals surface area contributed by atoms with Crippen LogP contribution in [0.25, 0.3) is 6.08 Å². The molecule has 3 rings (SSSR count). The summed E-state index contributed by atoms with van der Waals surface area (Å²) in [5, 5.41) is 0. The van der Waals surface area contributed by atoms with Gasteiger partial charge in [-0.2, -0.15) is 0 Å². The van der Waals surface area contributed by atoms with E-state index in [1.165, 1.54) is 5.56 Å². The van der Waals surface area contributed by atoms with Gasteiger partial charge in [0.05, 0.1) is 5.54 Å². The monoisotopic (exact) mass is 363 g/mol. The maximum absolute atomic E-state index is 12.9. The molecule has 1 fully saturated rings. The Labute approximate surface area is 162 Å². The van der Waals surface area contributed by atoms with Crippen LogP contribution < -0.4 is 0 Å². The van der Waals surface area contributed by atoms with Crippen LogP contribution >= 0.6 is 0 Å². The third-order valence-corrected chi connectivity index (χ3v) is 4.88. The second-order valence-electron chi connectivity index (χ2n) is 8.25. The van der Waals surface area contributed by atoms with Crippen molar-refractivity contribution in [2.75, 3.05) is 6.54 Å². The van der Waals surface area contributed by atoms with Crippen molar-refractivity contribution in [1.82, 2.24) is 4.90 Å². The zero-order valence-corrected chi connectivity index (χ0v) is 16.5. The first-order chi connectivity index (χ1) is 12.9.